The van der Waals surface area contributed by atoms with Gasteiger partial charge in [0, 0.05) is 23.2 Å². The fourth-order valence-electron chi connectivity index (χ4n) is 4.14. The third-order valence-electron chi connectivity index (χ3n) is 5.71. The average molecular weight is 415 g/mol. The zero-order valence-corrected chi connectivity index (χ0v) is 16.9. The van der Waals surface area contributed by atoms with Crippen LogP contribution >= 0.6 is 11.6 Å². The number of phenols is 1. The Hall–Kier alpha value is -2.35. The van der Waals surface area contributed by atoms with Gasteiger partial charge in [-0.25, -0.2) is 4.98 Å². The Bertz CT molecular complexity index is 1030. The first-order valence-corrected chi connectivity index (χ1v) is 10.3. The summed E-state index contributed by atoms with van der Waals surface area (Å²) < 4.78 is 11.2. The lowest BCUT2D eigenvalue weighted by Crippen LogP contribution is -2.54. The number of rotatable bonds is 4. The second-order valence-electron chi connectivity index (χ2n) is 7.82. The molecule has 2 aromatic heterocycles. The first-order valence-electron chi connectivity index (χ1n) is 9.92. The van der Waals surface area contributed by atoms with E-state index in [1.165, 1.54) is 6.07 Å². The summed E-state index contributed by atoms with van der Waals surface area (Å²) in [5, 5.41) is 14.2. The molecule has 1 aromatic carbocycles. The van der Waals surface area contributed by atoms with Gasteiger partial charge in [-0.1, -0.05) is 11.6 Å². The molecule has 152 valence electrons. The molecule has 0 radical (unpaired) electrons. The van der Waals surface area contributed by atoms with Gasteiger partial charge in [-0.15, -0.1) is 0 Å². The summed E-state index contributed by atoms with van der Waals surface area (Å²) in [6.45, 7) is 5.64. The van der Waals surface area contributed by atoms with Gasteiger partial charge in [0.2, 0.25) is 5.65 Å². The number of nitrogens with zero attached hydrogens (tertiary/aromatic N) is 3. The van der Waals surface area contributed by atoms with E-state index in [9.17, 15) is 5.11 Å². The molecule has 1 atom stereocenters. The number of likely N-dealkylation sites (tertiary alicyclic amines) is 1. The lowest BCUT2D eigenvalue weighted by atomic mass is 10.0. The minimum atomic E-state index is 0.103. The summed E-state index contributed by atoms with van der Waals surface area (Å²) >= 11 is 6.02. The van der Waals surface area contributed by atoms with Crippen LogP contribution in [0.15, 0.2) is 28.7 Å². The van der Waals surface area contributed by atoms with Crippen LogP contribution in [0.4, 0.5) is 6.01 Å². The molecule has 2 N–H and O–H groups in total. The summed E-state index contributed by atoms with van der Waals surface area (Å²) in [7, 11) is 0. The van der Waals surface area contributed by atoms with Crippen molar-refractivity contribution in [3.05, 3.63) is 34.9 Å². The Balaban J connectivity index is 1.37. The van der Waals surface area contributed by atoms with Crippen molar-refractivity contribution in [3.8, 4) is 17.0 Å². The molecule has 5 rings (SSSR count). The highest BCUT2D eigenvalue weighted by Crippen LogP contribution is 2.35. The number of benzene rings is 1. The van der Waals surface area contributed by atoms with E-state index in [1.807, 2.05) is 19.1 Å². The smallest absolute Gasteiger partial charge is 0.297 e. The van der Waals surface area contributed by atoms with Gasteiger partial charge in [0.05, 0.1) is 24.9 Å². The molecule has 2 aliphatic heterocycles. The van der Waals surface area contributed by atoms with Crippen LogP contribution in [0.5, 0.6) is 5.75 Å². The van der Waals surface area contributed by atoms with Crippen LogP contribution < -0.4 is 5.32 Å². The Morgan fingerprint density at radius 3 is 2.86 bits per heavy atom. The van der Waals surface area contributed by atoms with Gasteiger partial charge >= 0.3 is 0 Å². The number of aryl methyl sites for hydroxylation is 1. The van der Waals surface area contributed by atoms with Crippen LogP contribution in [0.1, 0.15) is 18.4 Å². The number of phenolic OH excluding ortho intramolecular Hbond substituents is 1. The molecule has 7 nitrogen and oxygen atoms in total. The number of anilines is 1. The maximum atomic E-state index is 10.3. The topological polar surface area (TPSA) is 83.7 Å². The monoisotopic (exact) mass is 414 g/mol. The van der Waals surface area contributed by atoms with Crippen molar-refractivity contribution < 1.29 is 14.3 Å². The van der Waals surface area contributed by atoms with Crippen LogP contribution in [0.3, 0.4) is 0 Å². The summed E-state index contributed by atoms with van der Waals surface area (Å²) in [5.41, 5.74) is 3.27. The maximum Gasteiger partial charge on any atom is 0.297 e. The van der Waals surface area contributed by atoms with Gasteiger partial charge in [0.1, 0.15) is 5.75 Å². The minimum absolute atomic E-state index is 0.103. The molecule has 0 amide bonds. The average Bonchev–Trinajstić information content (AvgIpc) is 3.01. The Morgan fingerprint density at radius 2 is 2.10 bits per heavy atom. The van der Waals surface area contributed by atoms with Crippen LogP contribution in [-0.2, 0) is 4.74 Å². The van der Waals surface area contributed by atoms with E-state index >= 15 is 0 Å². The SMILES string of the molecule is Cc1cc(Cl)cc(O)c1-c1ccc2oc(N[C@@H]3CCCN(C4COC4)C3)nc2n1. The number of piperidine rings is 1. The molecule has 4 heterocycles. The van der Waals surface area contributed by atoms with Crippen molar-refractivity contribution >= 4 is 28.8 Å². The number of halogens is 1. The number of nitrogens with one attached hydrogen (secondary N) is 1. The zero-order chi connectivity index (χ0) is 20.0. The summed E-state index contributed by atoms with van der Waals surface area (Å²) in [6, 6.07) is 8.31. The van der Waals surface area contributed by atoms with Gasteiger partial charge < -0.3 is 19.6 Å². The van der Waals surface area contributed by atoms with Crippen molar-refractivity contribution in [3.63, 3.8) is 0 Å². The number of fused-ring (bicyclic) bond motifs is 1. The van der Waals surface area contributed by atoms with Crippen LogP contribution in [0.25, 0.3) is 22.5 Å². The van der Waals surface area contributed by atoms with Gasteiger partial charge in [-0.3, -0.25) is 4.90 Å². The predicted molar refractivity (Wildman–Crippen MR) is 111 cm³/mol. The highest BCUT2D eigenvalue weighted by Gasteiger charge is 2.30. The van der Waals surface area contributed by atoms with E-state index in [0.717, 1.165) is 44.7 Å². The lowest BCUT2D eigenvalue weighted by Gasteiger charge is -2.42. The first-order chi connectivity index (χ1) is 14.1. The summed E-state index contributed by atoms with van der Waals surface area (Å²) in [6.07, 6.45) is 2.23. The lowest BCUT2D eigenvalue weighted by molar-refractivity contribution is -0.0710. The third kappa shape index (κ3) is 3.66. The highest BCUT2D eigenvalue weighted by atomic mass is 35.5. The fraction of sp³-hybridized carbons (Fsp3) is 0.429. The summed E-state index contributed by atoms with van der Waals surface area (Å²) in [5.74, 6) is 0.103. The Morgan fingerprint density at radius 1 is 1.24 bits per heavy atom. The molecule has 2 saturated heterocycles. The second-order valence-corrected chi connectivity index (χ2v) is 8.26. The molecule has 0 unspecified atom stereocenters. The van der Waals surface area contributed by atoms with E-state index in [2.05, 4.69) is 20.2 Å². The molecule has 29 heavy (non-hydrogen) atoms. The van der Waals surface area contributed by atoms with Crippen molar-refractivity contribution in [1.29, 1.82) is 0 Å². The maximum absolute atomic E-state index is 10.3. The molecule has 0 spiro atoms. The van der Waals surface area contributed by atoms with Crippen molar-refractivity contribution in [1.82, 2.24) is 14.9 Å². The molecule has 0 saturated carbocycles. The van der Waals surface area contributed by atoms with Crippen molar-refractivity contribution in [2.45, 2.75) is 31.8 Å². The molecular formula is C21H23ClN4O3. The normalized spacial score (nSPS) is 20.7. The van der Waals surface area contributed by atoms with E-state index in [-0.39, 0.29) is 5.75 Å². The number of pyridine rings is 1. The Kier molecular flexibility index (Phi) is 4.81. The standard InChI is InChI=1S/C21H23ClN4O3/c1-12-7-13(22)8-17(27)19(12)16-4-5-18-20(24-16)25-21(29-18)23-14-3-2-6-26(9-14)15-10-28-11-15/h4-5,7-8,14-15,27H,2-3,6,9-11H2,1H3,(H,23,24,25)/t14-/m1/s1. The number of aromatic nitrogens is 2. The highest BCUT2D eigenvalue weighted by molar-refractivity contribution is 6.31. The van der Waals surface area contributed by atoms with Crippen molar-refractivity contribution in [2.75, 3.05) is 31.6 Å². The van der Waals surface area contributed by atoms with E-state index in [4.69, 9.17) is 20.8 Å². The van der Waals surface area contributed by atoms with Gasteiger partial charge in [0.25, 0.3) is 6.01 Å². The molecule has 2 fully saturated rings. The third-order valence-corrected chi connectivity index (χ3v) is 5.92. The molecule has 0 aliphatic carbocycles. The van der Waals surface area contributed by atoms with E-state index in [0.29, 0.717) is 45.6 Å². The van der Waals surface area contributed by atoms with Gasteiger partial charge in [-0.2, -0.15) is 4.98 Å². The van der Waals surface area contributed by atoms with E-state index < -0.39 is 0 Å². The molecule has 2 aliphatic rings. The van der Waals surface area contributed by atoms with Crippen LogP contribution in [0, 0.1) is 6.92 Å². The number of oxazole rings is 1. The van der Waals surface area contributed by atoms with Gasteiger partial charge in [-0.05, 0) is 56.1 Å². The quantitative estimate of drug-likeness (QED) is 0.671. The van der Waals surface area contributed by atoms with Crippen LogP contribution in [-0.4, -0.2) is 58.4 Å². The summed E-state index contributed by atoms with van der Waals surface area (Å²) in [4.78, 5) is 11.6. The predicted octanol–water partition coefficient (Wildman–Crippen LogP) is 3.83. The minimum Gasteiger partial charge on any atom is -0.507 e. The first kappa shape index (κ1) is 18.7. The van der Waals surface area contributed by atoms with Gasteiger partial charge in [0.15, 0.2) is 5.58 Å². The number of hydrogen-bond acceptors (Lipinski definition) is 7. The fourth-order valence-corrected chi connectivity index (χ4v) is 4.41. The van der Waals surface area contributed by atoms with Crippen LogP contribution in [0.2, 0.25) is 5.02 Å². The molecule has 3 aromatic rings. The number of hydrogen-bond donors (Lipinski definition) is 2. The largest absolute Gasteiger partial charge is 0.507 e. The second kappa shape index (κ2) is 7.48. The van der Waals surface area contributed by atoms with Crippen molar-refractivity contribution in [2.24, 2.45) is 0 Å². The Labute approximate surface area is 173 Å². The number of ether oxygens (including phenoxy) is 1. The zero-order valence-electron chi connectivity index (χ0n) is 16.2. The van der Waals surface area contributed by atoms with E-state index in [1.54, 1.807) is 6.07 Å². The number of aromatic hydroxyl groups is 1. The molecule has 0 bridgehead atoms. The molecular weight excluding hydrogens is 392 g/mol. The molecule has 8 heteroatoms.